The van der Waals surface area contributed by atoms with E-state index >= 15 is 0 Å². The van der Waals surface area contributed by atoms with Crippen LogP contribution in [0.3, 0.4) is 0 Å². The summed E-state index contributed by atoms with van der Waals surface area (Å²) >= 11 is 6.17. The molecule has 4 heteroatoms. The van der Waals surface area contributed by atoms with Crippen molar-refractivity contribution in [1.82, 2.24) is 0 Å². The minimum atomic E-state index is -0.892. The summed E-state index contributed by atoms with van der Waals surface area (Å²) < 4.78 is 0.927. The largest absolute Gasteiger partial charge is 0.478 e. The standard InChI is InChI=1S/C8H7IO2S/c9-7-2-5(4-12)1-6(3-7)8(10)11/h1-3,12H,4H2,(H,10,11). The molecule has 12 heavy (non-hydrogen) atoms. The summed E-state index contributed by atoms with van der Waals surface area (Å²) in [6.07, 6.45) is 0. The lowest BCUT2D eigenvalue weighted by Gasteiger charge is -2.00. The fourth-order valence-corrected chi connectivity index (χ4v) is 1.78. The Hall–Kier alpha value is -0.230. The molecule has 0 amide bonds. The highest BCUT2D eigenvalue weighted by molar-refractivity contribution is 14.1. The van der Waals surface area contributed by atoms with E-state index in [1.165, 1.54) is 0 Å². The lowest BCUT2D eigenvalue weighted by atomic mass is 10.1. The molecule has 0 heterocycles. The van der Waals surface area contributed by atoms with Crippen molar-refractivity contribution in [3.05, 3.63) is 32.9 Å². The third-order valence-corrected chi connectivity index (χ3v) is 2.38. The third-order valence-electron chi connectivity index (χ3n) is 1.39. The van der Waals surface area contributed by atoms with Gasteiger partial charge in [-0.05, 0) is 46.4 Å². The fourth-order valence-electron chi connectivity index (χ4n) is 0.865. The molecule has 64 valence electrons. The molecule has 1 aromatic carbocycles. The highest BCUT2D eigenvalue weighted by atomic mass is 127. The number of carbonyl (C=O) groups is 1. The van der Waals surface area contributed by atoms with E-state index in [-0.39, 0.29) is 0 Å². The van der Waals surface area contributed by atoms with Crippen LogP contribution in [0, 0.1) is 3.57 Å². The second-order valence-corrected chi connectivity index (χ2v) is 3.87. The van der Waals surface area contributed by atoms with E-state index in [2.05, 4.69) is 35.2 Å². The number of hydrogen-bond acceptors (Lipinski definition) is 2. The van der Waals surface area contributed by atoms with Crippen LogP contribution in [-0.4, -0.2) is 11.1 Å². The Kier molecular flexibility index (Phi) is 3.39. The van der Waals surface area contributed by atoms with E-state index in [0.29, 0.717) is 11.3 Å². The second-order valence-electron chi connectivity index (χ2n) is 2.31. The first-order chi connectivity index (χ1) is 5.63. The first-order valence-corrected chi connectivity index (χ1v) is 4.98. The molecule has 1 N–H and O–H groups in total. The molecular weight excluding hydrogens is 287 g/mol. The fraction of sp³-hybridized carbons (Fsp3) is 0.125. The summed E-state index contributed by atoms with van der Waals surface area (Å²) in [5.74, 6) is -0.325. The van der Waals surface area contributed by atoms with Crippen molar-refractivity contribution in [2.24, 2.45) is 0 Å². The van der Waals surface area contributed by atoms with Crippen LogP contribution in [0.25, 0.3) is 0 Å². The molecule has 0 spiro atoms. The number of carboxylic acids is 1. The average molecular weight is 294 g/mol. The normalized spacial score (nSPS) is 9.83. The molecule has 0 fully saturated rings. The van der Waals surface area contributed by atoms with E-state index < -0.39 is 5.97 Å². The molecule has 0 saturated heterocycles. The van der Waals surface area contributed by atoms with E-state index in [1.807, 2.05) is 6.07 Å². The summed E-state index contributed by atoms with van der Waals surface area (Å²) in [5.41, 5.74) is 1.26. The van der Waals surface area contributed by atoms with Crippen molar-refractivity contribution in [2.45, 2.75) is 5.75 Å². The van der Waals surface area contributed by atoms with Gasteiger partial charge in [-0.1, -0.05) is 0 Å². The van der Waals surface area contributed by atoms with Gasteiger partial charge in [0.25, 0.3) is 0 Å². The van der Waals surface area contributed by atoms with Crippen LogP contribution in [0.15, 0.2) is 18.2 Å². The smallest absolute Gasteiger partial charge is 0.335 e. The quantitative estimate of drug-likeness (QED) is 0.649. The van der Waals surface area contributed by atoms with Gasteiger partial charge >= 0.3 is 5.97 Å². The molecule has 0 unspecified atom stereocenters. The van der Waals surface area contributed by atoms with Gasteiger partial charge in [0, 0.05) is 9.32 Å². The topological polar surface area (TPSA) is 37.3 Å². The van der Waals surface area contributed by atoms with Gasteiger partial charge in [-0.15, -0.1) is 0 Å². The van der Waals surface area contributed by atoms with E-state index in [9.17, 15) is 4.79 Å². The van der Waals surface area contributed by atoms with E-state index in [0.717, 1.165) is 9.13 Å². The highest BCUT2D eigenvalue weighted by Crippen LogP contribution is 2.13. The Morgan fingerprint density at radius 2 is 2.17 bits per heavy atom. The number of thiol groups is 1. The molecule has 0 aliphatic carbocycles. The predicted molar refractivity (Wildman–Crippen MR) is 58.8 cm³/mol. The van der Waals surface area contributed by atoms with E-state index in [4.69, 9.17) is 5.11 Å². The summed E-state index contributed by atoms with van der Waals surface area (Å²) in [6, 6.07) is 5.19. The van der Waals surface area contributed by atoms with Gasteiger partial charge in [0.15, 0.2) is 0 Å². The molecule has 0 saturated carbocycles. The third kappa shape index (κ3) is 2.38. The number of halogens is 1. The Bertz CT molecular complexity index is 312. The first-order valence-electron chi connectivity index (χ1n) is 3.27. The van der Waals surface area contributed by atoms with Gasteiger partial charge in [0.2, 0.25) is 0 Å². The van der Waals surface area contributed by atoms with Crippen LogP contribution < -0.4 is 0 Å². The van der Waals surface area contributed by atoms with Gasteiger partial charge in [-0.2, -0.15) is 12.6 Å². The highest BCUT2D eigenvalue weighted by Gasteiger charge is 2.04. The zero-order valence-electron chi connectivity index (χ0n) is 6.12. The molecular formula is C8H7IO2S. The van der Waals surface area contributed by atoms with Crippen LogP contribution in [0.2, 0.25) is 0 Å². The van der Waals surface area contributed by atoms with Crippen LogP contribution in [0.1, 0.15) is 15.9 Å². The minimum absolute atomic E-state index is 0.325. The Morgan fingerprint density at radius 3 is 2.67 bits per heavy atom. The molecule has 1 rings (SSSR count). The summed E-state index contributed by atoms with van der Waals surface area (Å²) in [6.45, 7) is 0. The molecule has 0 aromatic heterocycles. The van der Waals surface area contributed by atoms with Crippen molar-refractivity contribution in [1.29, 1.82) is 0 Å². The predicted octanol–water partition coefficient (Wildman–Crippen LogP) is 2.42. The summed E-state index contributed by atoms with van der Waals surface area (Å²) in [7, 11) is 0. The van der Waals surface area contributed by atoms with E-state index in [1.54, 1.807) is 12.1 Å². The SMILES string of the molecule is O=C(O)c1cc(I)cc(CS)c1. The van der Waals surface area contributed by atoms with Gasteiger partial charge in [0.05, 0.1) is 5.56 Å². The van der Waals surface area contributed by atoms with Crippen LogP contribution >= 0.6 is 35.2 Å². The molecule has 0 aliphatic rings. The molecule has 0 atom stereocenters. The van der Waals surface area contributed by atoms with Crippen LogP contribution in [-0.2, 0) is 5.75 Å². The van der Waals surface area contributed by atoms with Gasteiger partial charge in [-0.3, -0.25) is 0 Å². The molecule has 0 radical (unpaired) electrons. The second kappa shape index (κ2) is 4.13. The van der Waals surface area contributed by atoms with Gasteiger partial charge < -0.3 is 5.11 Å². The Labute approximate surface area is 89.5 Å². The van der Waals surface area contributed by atoms with Crippen LogP contribution in [0.4, 0.5) is 0 Å². The van der Waals surface area contributed by atoms with Crippen molar-refractivity contribution >= 4 is 41.2 Å². The summed E-state index contributed by atoms with van der Waals surface area (Å²) in [5, 5.41) is 8.70. The lowest BCUT2D eigenvalue weighted by molar-refractivity contribution is 0.0696. The number of aromatic carboxylic acids is 1. The van der Waals surface area contributed by atoms with Crippen molar-refractivity contribution < 1.29 is 9.90 Å². The Morgan fingerprint density at radius 1 is 1.50 bits per heavy atom. The maximum atomic E-state index is 10.6. The maximum Gasteiger partial charge on any atom is 0.335 e. The van der Waals surface area contributed by atoms with Gasteiger partial charge in [-0.25, -0.2) is 4.79 Å². The average Bonchev–Trinajstić information content (AvgIpc) is 2.03. The minimum Gasteiger partial charge on any atom is -0.478 e. The number of rotatable bonds is 2. The maximum absolute atomic E-state index is 10.6. The molecule has 0 bridgehead atoms. The number of benzene rings is 1. The zero-order valence-corrected chi connectivity index (χ0v) is 9.17. The van der Waals surface area contributed by atoms with Crippen molar-refractivity contribution in [3.8, 4) is 0 Å². The molecule has 1 aromatic rings. The van der Waals surface area contributed by atoms with Gasteiger partial charge in [0.1, 0.15) is 0 Å². The molecule has 0 aliphatic heterocycles. The zero-order chi connectivity index (χ0) is 9.14. The van der Waals surface area contributed by atoms with Crippen molar-refractivity contribution in [3.63, 3.8) is 0 Å². The number of carboxylic acid groups (broad SMARTS) is 1. The first kappa shape index (κ1) is 9.85. The number of hydrogen-bond donors (Lipinski definition) is 2. The lowest BCUT2D eigenvalue weighted by Crippen LogP contribution is -1.97. The monoisotopic (exact) mass is 294 g/mol. The Balaban J connectivity index is 3.15. The summed E-state index contributed by atoms with van der Waals surface area (Å²) in [4.78, 5) is 10.6. The van der Waals surface area contributed by atoms with Crippen LogP contribution in [0.5, 0.6) is 0 Å². The van der Waals surface area contributed by atoms with Crippen molar-refractivity contribution in [2.75, 3.05) is 0 Å². The molecule has 2 nitrogen and oxygen atoms in total.